The van der Waals surface area contributed by atoms with Crippen LogP contribution in [0, 0.1) is 0 Å². The van der Waals surface area contributed by atoms with Gasteiger partial charge in [-0.25, -0.2) is 9.78 Å². The molecule has 1 N–H and O–H groups in total. The molecule has 8 heteroatoms. The number of benzene rings is 1. The maximum atomic E-state index is 12.4. The summed E-state index contributed by atoms with van der Waals surface area (Å²) in [6.07, 6.45) is 0.699. The molecule has 0 radical (unpaired) electrons. The number of methoxy groups -OCH3 is 1. The zero-order valence-electron chi connectivity index (χ0n) is 13.9. The molecule has 0 spiro atoms. The molecule has 132 valence electrons. The Labute approximate surface area is 154 Å². The molecule has 0 saturated heterocycles. The molecule has 0 fully saturated rings. The van der Waals surface area contributed by atoms with Gasteiger partial charge in [0.1, 0.15) is 0 Å². The predicted molar refractivity (Wildman–Crippen MR) is 99.0 cm³/mol. The lowest BCUT2D eigenvalue weighted by Crippen LogP contribution is -2.35. The summed E-state index contributed by atoms with van der Waals surface area (Å²) in [5.74, 6) is 0.925. The first-order valence-electron chi connectivity index (χ1n) is 7.95. The number of thiazole rings is 1. The van der Waals surface area contributed by atoms with Crippen LogP contribution in [0.25, 0.3) is 0 Å². The molecule has 2 aromatic rings. The number of nitrogens with zero attached hydrogens (tertiary/aromatic N) is 2. The standard InChI is InChI=1S/C17H19N3O3S2/c1-23-17(22)19-16-18-13-7-9-20(11-14(13)25-16)15(21)8-10-24-12-5-3-2-4-6-12/h2-6H,7-11H2,1H3,(H,18,19,22). The number of carbonyl (C=O) groups excluding carboxylic acids is 2. The van der Waals surface area contributed by atoms with Gasteiger partial charge >= 0.3 is 6.09 Å². The first kappa shape index (κ1) is 17.8. The van der Waals surface area contributed by atoms with Gasteiger partial charge in [-0.05, 0) is 12.1 Å². The van der Waals surface area contributed by atoms with Crippen molar-refractivity contribution in [3.05, 3.63) is 40.9 Å². The van der Waals surface area contributed by atoms with Crippen LogP contribution in [-0.4, -0.2) is 41.3 Å². The quantitative estimate of drug-likeness (QED) is 0.809. The molecule has 25 heavy (non-hydrogen) atoms. The molecule has 2 heterocycles. The van der Waals surface area contributed by atoms with E-state index in [9.17, 15) is 9.59 Å². The molecule has 2 amide bonds. The Kier molecular flexibility index (Phi) is 5.93. The average Bonchev–Trinajstić information content (AvgIpc) is 3.03. The van der Waals surface area contributed by atoms with Gasteiger partial charge in [-0.15, -0.1) is 11.8 Å². The highest BCUT2D eigenvalue weighted by atomic mass is 32.2. The van der Waals surface area contributed by atoms with Crippen molar-refractivity contribution >= 4 is 40.2 Å². The number of nitrogens with one attached hydrogen (secondary N) is 1. The number of thioether (sulfide) groups is 1. The van der Waals surface area contributed by atoms with Gasteiger partial charge < -0.3 is 9.64 Å². The van der Waals surface area contributed by atoms with Crippen molar-refractivity contribution in [1.29, 1.82) is 0 Å². The molecular weight excluding hydrogens is 358 g/mol. The fraction of sp³-hybridized carbons (Fsp3) is 0.353. The minimum atomic E-state index is -0.531. The number of fused-ring (bicyclic) bond motifs is 1. The Morgan fingerprint density at radius 2 is 2.16 bits per heavy atom. The topological polar surface area (TPSA) is 71.5 Å². The van der Waals surface area contributed by atoms with Crippen LogP contribution < -0.4 is 5.32 Å². The number of ether oxygens (including phenoxy) is 1. The summed E-state index contributed by atoms with van der Waals surface area (Å²) in [7, 11) is 1.32. The van der Waals surface area contributed by atoms with Crippen LogP contribution in [0.2, 0.25) is 0 Å². The number of amides is 2. The second-order valence-corrected chi connectivity index (χ2v) is 7.73. The molecule has 1 aliphatic heterocycles. The van der Waals surface area contributed by atoms with E-state index in [4.69, 9.17) is 0 Å². The van der Waals surface area contributed by atoms with E-state index in [1.807, 2.05) is 23.1 Å². The van der Waals surface area contributed by atoms with Gasteiger partial charge in [-0.2, -0.15) is 0 Å². The van der Waals surface area contributed by atoms with Crippen molar-refractivity contribution in [1.82, 2.24) is 9.88 Å². The smallest absolute Gasteiger partial charge is 0.413 e. The minimum absolute atomic E-state index is 0.157. The van der Waals surface area contributed by atoms with Crippen molar-refractivity contribution in [3.63, 3.8) is 0 Å². The Bertz CT molecular complexity index is 749. The molecule has 0 saturated carbocycles. The van der Waals surface area contributed by atoms with Crippen molar-refractivity contribution in [2.24, 2.45) is 0 Å². The molecular formula is C17H19N3O3S2. The zero-order chi connectivity index (χ0) is 17.6. The van der Waals surface area contributed by atoms with E-state index in [0.717, 1.165) is 16.3 Å². The Balaban J connectivity index is 1.51. The highest BCUT2D eigenvalue weighted by Crippen LogP contribution is 2.29. The number of carbonyl (C=O) groups is 2. The normalized spacial score (nSPS) is 13.2. The van der Waals surface area contributed by atoms with Crippen molar-refractivity contribution < 1.29 is 14.3 Å². The average molecular weight is 377 g/mol. The zero-order valence-corrected chi connectivity index (χ0v) is 15.5. The lowest BCUT2D eigenvalue weighted by atomic mass is 10.1. The summed E-state index contributed by atoms with van der Waals surface area (Å²) in [4.78, 5) is 32.2. The molecule has 1 aromatic heterocycles. The molecule has 6 nitrogen and oxygen atoms in total. The van der Waals surface area contributed by atoms with E-state index in [1.54, 1.807) is 11.8 Å². The summed E-state index contributed by atoms with van der Waals surface area (Å²) in [6, 6.07) is 10.1. The van der Waals surface area contributed by atoms with Gasteiger partial charge in [0.25, 0.3) is 0 Å². The van der Waals surface area contributed by atoms with Crippen LogP contribution in [0.4, 0.5) is 9.93 Å². The first-order chi connectivity index (χ1) is 12.2. The maximum absolute atomic E-state index is 12.4. The van der Waals surface area contributed by atoms with Crippen LogP contribution in [0.3, 0.4) is 0 Å². The van der Waals surface area contributed by atoms with Crippen molar-refractivity contribution in [2.45, 2.75) is 24.3 Å². The van der Waals surface area contributed by atoms with Crippen LogP contribution in [0.15, 0.2) is 35.2 Å². The van der Waals surface area contributed by atoms with E-state index in [-0.39, 0.29) is 5.91 Å². The molecule has 0 bridgehead atoms. The van der Waals surface area contributed by atoms with E-state index in [1.165, 1.54) is 23.3 Å². The molecule has 3 rings (SSSR count). The third kappa shape index (κ3) is 4.73. The largest absolute Gasteiger partial charge is 0.453 e. The fourth-order valence-electron chi connectivity index (χ4n) is 2.53. The number of aromatic nitrogens is 1. The monoisotopic (exact) mass is 377 g/mol. The van der Waals surface area contributed by atoms with Crippen molar-refractivity contribution in [2.75, 3.05) is 24.7 Å². The van der Waals surface area contributed by atoms with Crippen molar-refractivity contribution in [3.8, 4) is 0 Å². The van der Waals surface area contributed by atoms with Gasteiger partial charge in [-0.1, -0.05) is 29.5 Å². The molecule has 1 aliphatic rings. The van der Waals surface area contributed by atoms with Gasteiger partial charge in [0.2, 0.25) is 5.91 Å². The van der Waals surface area contributed by atoms with Gasteiger partial charge in [0, 0.05) is 34.9 Å². The van der Waals surface area contributed by atoms with Gasteiger partial charge in [0.05, 0.1) is 19.3 Å². The summed E-state index contributed by atoms with van der Waals surface area (Å²) < 4.78 is 4.58. The minimum Gasteiger partial charge on any atom is -0.453 e. The van der Waals surface area contributed by atoms with E-state index < -0.39 is 6.09 Å². The van der Waals surface area contributed by atoms with E-state index in [2.05, 4.69) is 27.2 Å². The van der Waals surface area contributed by atoms with Crippen LogP contribution >= 0.6 is 23.1 Å². The lowest BCUT2D eigenvalue weighted by Gasteiger charge is -2.26. The maximum Gasteiger partial charge on any atom is 0.413 e. The summed E-state index contributed by atoms with van der Waals surface area (Å²) in [6.45, 7) is 1.23. The summed E-state index contributed by atoms with van der Waals surface area (Å²) >= 11 is 3.09. The Morgan fingerprint density at radius 1 is 1.36 bits per heavy atom. The molecule has 0 aliphatic carbocycles. The van der Waals surface area contributed by atoms with Crippen LogP contribution in [0.5, 0.6) is 0 Å². The summed E-state index contributed by atoms with van der Waals surface area (Å²) in [5, 5.41) is 3.10. The third-order valence-electron chi connectivity index (χ3n) is 3.81. The van der Waals surface area contributed by atoms with Crippen LogP contribution in [-0.2, 0) is 22.5 Å². The third-order valence-corrected chi connectivity index (χ3v) is 5.82. The SMILES string of the molecule is COC(=O)Nc1nc2c(s1)CN(C(=O)CCSc1ccccc1)CC2. The van der Waals surface area contributed by atoms with E-state index >= 15 is 0 Å². The number of hydrogen-bond donors (Lipinski definition) is 1. The lowest BCUT2D eigenvalue weighted by molar-refractivity contribution is -0.131. The highest BCUT2D eigenvalue weighted by Gasteiger charge is 2.24. The van der Waals surface area contributed by atoms with Gasteiger partial charge in [-0.3, -0.25) is 10.1 Å². The van der Waals surface area contributed by atoms with E-state index in [0.29, 0.717) is 31.1 Å². The molecule has 0 atom stereocenters. The Hall–Kier alpha value is -2.06. The molecule has 0 unspecified atom stereocenters. The first-order valence-corrected chi connectivity index (χ1v) is 9.75. The fourth-order valence-corrected chi connectivity index (χ4v) is 4.40. The van der Waals surface area contributed by atoms with Crippen LogP contribution in [0.1, 0.15) is 17.0 Å². The summed E-state index contributed by atoms with van der Waals surface area (Å²) in [5.41, 5.74) is 0.958. The second kappa shape index (κ2) is 8.35. The van der Waals surface area contributed by atoms with Gasteiger partial charge in [0.15, 0.2) is 5.13 Å². The predicted octanol–water partition coefficient (Wildman–Crippen LogP) is 3.39. The Morgan fingerprint density at radius 3 is 2.92 bits per heavy atom. The number of hydrogen-bond acceptors (Lipinski definition) is 6. The highest BCUT2D eigenvalue weighted by molar-refractivity contribution is 7.99. The number of anilines is 1. The molecule has 1 aromatic carbocycles. The second-order valence-electron chi connectivity index (χ2n) is 5.48. The number of rotatable bonds is 5.